The van der Waals surface area contributed by atoms with Gasteiger partial charge in [0.15, 0.2) is 17.3 Å². The van der Waals surface area contributed by atoms with E-state index in [1.165, 1.54) is 19.4 Å². The van der Waals surface area contributed by atoms with Gasteiger partial charge in [-0.2, -0.15) is 0 Å². The van der Waals surface area contributed by atoms with Crippen molar-refractivity contribution in [3.63, 3.8) is 0 Å². The molecule has 0 aliphatic heterocycles. The van der Waals surface area contributed by atoms with E-state index in [1.807, 2.05) is 0 Å². The first kappa shape index (κ1) is 9.39. The van der Waals surface area contributed by atoms with Crippen LogP contribution in [0.3, 0.4) is 0 Å². The SMILES string of the molecule is COc1cc(-c2oncc2N)ccc1O. The molecule has 0 unspecified atom stereocenters. The van der Waals surface area contributed by atoms with Gasteiger partial charge in [-0.05, 0) is 18.2 Å². The number of nitrogens with two attached hydrogens (primary N) is 1. The van der Waals surface area contributed by atoms with Gasteiger partial charge in [0.25, 0.3) is 0 Å². The van der Waals surface area contributed by atoms with Gasteiger partial charge < -0.3 is 20.1 Å². The highest BCUT2D eigenvalue weighted by atomic mass is 16.5. The van der Waals surface area contributed by atoms with Crippen LogP contribution in [0.2, 0.25) is 0 Å². The number of nitrogens with zero attached hydrogens (tertiary/aromatic N) is 1. The first-order valence-electron chi connectivity index (χ1n) is 4.30. The van der Waals surface area contributed by atoms with Gasteiger partial charge in [-0.15, -0.1) is 0 Å². The fourth-order valence-electron chi connectivity index (χ4n) is 1.29. The number of benzene rings is 1. The number of aromatic hydroxyl groups is 1. The maximum atomic E-state index is 9.40. The zero-order valence-electron chi connectivity index (χ0n) is 8.10. The number of ether oxygens (including phenoxy) is 1. The van der Waals surface area contributed by atoms with Crippen molar-refractivity contribution in [1.29, 1.82) is 0 Å². The number of methoxy groups -OCH3 is 1. The standard InChI is InChI=1S/C10H10N2O3/c1-14-9-4-6(2-3-8(9)13)10-7(11)5-12-15-10/h2-5,13H,11H2,1H3. The average Bonchev–Trinajstić information content (AvgIpc) is 2.65. The Hall–Kier alpha value is -2.17. The van der Waals surface area contributed by atoms with Crippen LogP contribution in [0.4, 0.5) is 5.69 Å². The molecule has 5 heteroatoms. The highest BCUT2D eigenvalue weighted by molar-refractivity contribution is 5.72. The molecule has 0 radical (unpaired) electrons. The summed E-state index contributed by atoms with van der Waals surface area (Å²) < 4.78 is 9.95. The minimum Gasteiger partial charge on any atom is -0.504 e. The molecule has 78 valence electrons. The molecule has 1 aromatic carbocycles. The summed E-state index contributed by atoms with van der Waals surface area (Å²) in [6.07, 6.45) is 1.43. The summed E-state index contributed by atoms with van der Waals surface area (Å²) in [7, 11) is 1.47. The van der Waals surface area contributed by atoms with Crippen LogP contribution in [0, 0.1) is 0 Å². The summed E-state index contributed by atoms with van der Waals surface area (Å²) in [6, 6.07) is 4.82. The molecule has 0 aliphatic rings. The van der Waals surface area contributed by atoms with Gasteiger partial charge in [0.05, 0.1) is 13.3 Å². The normalized spacial score (nSPS) is 10.2. The van der Waals surface area contributed by atoms with E-state index in [0.29, 0.717) is 22.8 Å². The summed E-state index contributed by atoms with van der Waals surface area (Å²) in [5.74, 6) is 0.899. The van der Waals surface area contributed by atoms with Gasteiger partial charge in [0.1, 0.15) is 5.69 Å². The molecule has 1 aromatic heterocycles. The first-order valence-corrected chi connectivity index (χ1v) is 4.30. The number of hydrogen-bond acceptors (Lipinski definition) is 5. The van der Waals surface area contributed by atoms with E-state index < -0.39 is 0 Å². The fraction of sp³-hybridized carbons (Fsp3) is 0.100. The predicted molar refractivity (Wildman–Crippen MR) is 54.6 cm³/mol. The molecule has 0 saturated heterocycles. The van der Waals surface area contributed by atoms with Crippen molar-refractivity contribution in [3.8, 4) is 22.8 Å². The van der Waals surface area contributed by atoms with Gasteiger partial charge >= 0.3 is 0 Å². The lowest BCUT2D eigenvalue weighted by Crippen LogP contribution is -1.87. The quantitative estimate of drug-likeness (QED) is 0.780. The Morgan fingerprint density at radius 2 is 2.27 bits per heavy atom. The molecule has 0 aliphatic carbocycles. The average molecular weight is 206 g/mol. The molecule has 0 amide bonds. The molecule has 0 fully saturated rings. The Labute approximate surface area is 86.1 Å². The van der Waals surface area contributed by atoms with Crippen LogP contribution >= 0.6 is 0 Å². The highest BCUT2D eigenvalue weighted by Crippen LogP contribution is 2.33. The van der Waals surface area contributed by atoms with Gasteiger partial charge in [-0.1, -0.05) is 5.16 Å². The lowest BCUT2D eigenvalue weighted by atomic mass is 10.1. The van der Waals surface area contributed by atoms with E-state index in [0.717, 1.165) is 0 Å². The number of rotatable bonds is 2. The van der Waals surface area contributed by atoms with Gasteiger partial charge in [0, 0.05) is 5.56 Å². The van der Waals surface area contributed by atoms with Crippen LogP contribution in [0.25, 0.3) is 11.3 Å². The summed E-state index contributed by atoms with van der Waals surface area (Å²) in [4.78, 5) is 0. The van der Waals surface area contributed by atoms with Crippen LogP contribution in [0.5, 0.6) is 11.5 Å². The number of phenolic OH excluding ortho intramolecular Hbond substituents is 1. The zero-order chi connectivity index (χ0) is 10.8. The van der Waals surface area contributed by atoms with Crippen molar-refractivity contribution in [2.75, 3.05) is 12.8 Å². The van der Waals surface area contributed by atoms with E-state index in [2.05, 4.69) is 5.16 Å². The van der Waals surface area contributed by atoms with Gasteiger partial charge in [-0.3, -0.25) is 0 Å². The molecule has 3 N–H and O–H groups in total. The maximum absolute atomic E-state index is 9.40. The first-order chi connectivity index (χ1) is 7.22. The third-order valence-electron chi connectivity index (χ3n) is 2.04. The monoisotopic (exact) mass is 206 g/mol. The number of aromatic nitrogens is 1. The minimum atomic E-state index is 0.0688. The molecule has 2 rings (SSSR count). The summed E-state index contributed by atoms with van der Waals surface area (Å²) in [5, 5.41) is 13.0. The van der Waals surface area contributed by atoms with Crippen molar-refractivity contribution >= 4 is 5.69 Å². The topological polar surface area (TPSA) is 81.5 Å². The second-order valence-corrected chi connectivity index (χ2v) is 3.00. The molecule has 0 bridgehead atoms. The molecular weight excluding hydrogens is 196 g/mol. The minimum absolute atomic E-state index is 0.0688. The maximum Gasteiger partial charge on any atom is 0.189 e. The van der Waals surface area contributed by atoms with Crippen LogP contribution in [-0.4, -0.2) is 17.4 Å². The van der Waals surface area contributed by atoms with Crippen molar-refractivity contribution in [2.45, 2.75) is 0 Å². The van der Waals surface area contributed by atoms with Crippen molar-refractivity contribution in [2.24, 2.45) is 0 Å². The van der Waals surface area contributed by atoms with Crippen LogP contribution < -0.4 is 10.5 Å². The van der Waals surface area contributed by atoms with E-state index in [9.17, 15) is 5.11 Å². The Morgan fingerprint density at radius 1 is 1.47 bits per heavy atom. The number of phenols is 1. The number of hydrogen-bond donors (Lipinski definition) is 2. The summed E-state index contributed by atoms with van der Waals surface area (Å²) in [5.41, 5.74) is 6.80. The third-order valence-corrected chi connectivity index (χ3v) is 2.04. The van der Waals surface area contributed by atoms with Gasteiger partial charge in [-0.25, -0.2) is 0 Å². The van der Waals surface area contributed by atoms with E-state index in [1.54, 1.807) is 12.1 Å². The Balaban J connectivity index is 2.51. The predicted octanol–water partition coefficient (Wildman–Crippen LogP) is 1.64. The van der Waals surface area contributed by atoms with Crippen LogP contribution in [0.1, 0.15) is 0 Å². The van der Waals surface area contributed by atoms with Crippen molar-refractivity contribution < 1.29 is 14.4 Å². The molecule has 0 spiro atoms. The lowest BCUT2D eigenvalue weighted by Gasteiger charge is -2.04. The third kappa shape index (κ3) is 1.59. The largest absolute Gasteiger partial charge is 0.504 e. The second-order valence-electron chi connectivity index (χ2n) is 3.00. The number of anilines is 1. The van der Waals surface area contributed by atoms with Crippen molar-refractivity contribution in [1.82, 2.24) is 5.16 Å². The zero-order valence-corrected chi connectivity index (χ0v) is 8.10. The molecule has 0 saturated carbocycles. The van der Waals surface area contributed by atoms with E-state index in [4.69, 9.17) is 15.0 Å². The molecule has 5 nitrogen and oxygen atoms in total. The summed E-state index contributed by atoms with van der Waals surface area (Å²) >= 11 is 0. The Morgan fingerprint density at radius 3 is 2.87 bits per heavy atom. The smallest absolute Gasteiger partial charge is 0.189 e. The molecule has 0 atom stereocenters. The van der Waals surface area contributed by atoms with E-state index in [-0.39, 0.29) is 5.75 Å². The lowest BCUT2D eigenvalue weighted by molar-refractivity contribution is 0.373. The van der Waals surface area contributed by atoms with E-state index >= 15 is 0 Å². The Bertz CT molecular complexity index is 479. The molecule has 15 heavy (non-hydrogen) atoms. The molecule has 1 heterocycles. The Kier molecular flexibility index (Phi) is 2.21. The fourth-order valence-corrected chi connectivity index (χ4v) is 1.29. The molecule has 2 aromatic rings. The van der Waals surface area contributed by atoms with Crippen LogP contribution in [-0.2, 0) is 0 Å². The highest BCUT2D eigenvalue weighted by Gasteiger charge is 2.10. The van der Waals surface area contributed by atoms with Crippen LogP contribution in [0.15, 0.2) is 28.9 Å². The second kappa shape index (κ2) is 3.53. The number of nitrogen functional groups attached to an aromatic ring is 1. The summed E-state index contributed by atoms with van der Waals surface area (Å²) in [6.45, 7) is 0. The van der Waals surface area contributed by atoms with Crippen molar-refractivity contribution in [3.05, 3.63) is 24.4 Å². The molecular formula is C10H10N2O3. The van der Waals surface area contributed by atoms with Gasteiger partial charge in [0.2, 0.25) is 0 Å².